The minimum Gasteiger partial charge on any atom is -0.508 e. The molecule has 0 spiro atoms. The van der Waals surface area contributed by atoms with E-state index in [1.807, 2.05) is 44.2 Å². The van der Waals surface area contributed by atoms with E-state index in [1.165, 1.54) is 17.0 Å². The summed E-state index contributed by atoms with van der Waals surface area (Å²) < 4.78 is 5.46. The molecule has 0 bridgehead atoms. The number of aromatic hydroxyl groups is 1. The maximum absolute atomic E-state index is 14.2. The van der Waals surface area contributed by atoms with Crippen LogP contribution in [-0.2, 0) is 20.7 Å². The fourth-order valence-electron chi connectivity index (χ4n) is 4.05. The van der Waals surface area contributed by atoms with E-state index >= 15 is 0 Å². The monoisotopic (exact) mass is 525 g/mol. The van der Waals surface area contributed by atoms with Crippen molar-refractivity contribution in [3.63, 3.8) is 0 Å². The molecule has 8 nitrogen and oxygen atoms in total. The first-order valence-electron chi connectivity index (χ1n) is 13.5. The van der Waals surface area contributed by atoms with Crippen LogP contribution in [0.4, 0.5) is 4.79 Å². The van der Waals surface area contributed by atoms with Crippen molar-refractivity contribution in [3.05, 3.63) is 65.7 Å². The summed E-state index contributed by atoms with van der Waals surface area (Å²) in [7, 11) is 0. The topological polar surface area (TPSA) is 108 Å². The number of phenolic OH excluding ortho intramolecular Hbond substituents is 1. The number of rotatable bonds is 13. The zero-order valence-corrected chi connectivity index (χ0v) is 23.3. The van der Waals surface area contributed by atoms with E-state index in [9.17, 15) is 19.5 Å². The van der Waals surface area contributed by atoms with Crippen LogP contribution in [0.2, 0.25) is 0 Å². The van der Waals surface area contributed by atoms with E-state index in [0.29, 0.717) is 25.1 Å². The number of carbonyl (C=O) groups is 3. The average molecular weight is 526 g/mol. The number of hydrogen-bond donors (Lipinski definition) is 3. The molecule has 0 saturated heterocycles. The highest BCUT2D eigenvalue weighted by Crippen LogP contribution is 2.26. The van der Waals surface area contributed by atoms with Crippen molar-refractivity contribution in [3.8, 4) is 5.75 Å². The zero-order chi connectivity index (χ0) is 28.1. The lowest BCUT2D eigenvalue weighted by Gasteiger charge is -2.34. The quantitative estimate of drug-likeness (QED) is 0.315. The van der Waals surface area contributed by atoms with Crippen LogP contribution in [0.5, 0.6) is 5.75 Å². The van der Waals surface area contributed by atoms with Crippen LogP contribution in [0.1, 0.15) is 77.5 Å². The van der Waals surface area contributed by atoms with Crippen molar-refractivity contribution in [2.75, 3.05) is 13.1 Å². The molecule has 2 aromatic carbocycles. The first-order valence-corrected chi connectivity index (χ1v) is 13.5. The largest absolute Gasteiger partial charge is 0.508 e. The standard InChI is InChI=1S/C30H43N3O5/c1-6-8-18-31-27(35)26(23-16-13-17-24(34)21-23)33(19-9-7-2)28(36)25(20-22-14-11-10-12-15-22)32-29(37)38-30(3,4)5/h10-17,21,25-26,34H,6-9,18-20H2,1-5H3,(H,31,35)(H,32,37). The van der Waals surface area contributed by atoms with E-state index in [2.05, 4.69) is 10.6 Å². The number of amides is 3. The van der Waals surface area contributed by atoms with Gasteiger partial charge in [-0.2, -0.15) is 0 Å². The molecule has 3 amide bonds. The second kappa shape index (κ2) is 15.0. The lowest BCUT2D eigenvalue weighted by atomic mass is 9.99. The molecular formula is C30H43N3O5. The molecule has 0 heterocycles. The van der Waals surface area contributed by atoms with Crippen LogP contribution < -0.4 is 10.6 Å². The Kier molecular flexibility index (Phi) is 12.1. The van der Waals surface area contributed by atoms with Crippen molar-refractivity contribution >= 4 is 17.9 Å². The fraction of sp³-hybridized carbons (Fsp3) is 0.500. The Hall–Kier alpha value is -3.55. The van der Waals surface area contributed by atoms with Crippen molar-refractivity contribution in [1.29, 1.82) is 0 Å². The summed E-state index contributed by atoms with van der Waals surface area (Å²) in [4.78, 5) is 42.0. The van der Waals surface area contributed by atoms with Crippen LogP contribution in [-0.4, -0.2) is 52.6 Å². The summed E-state index contributed by atoms with van der Waals surface area (Å²) in [5, 5.41) is 15.9. The minimum absolute atomic E-state index is 0.00413. The third-order valence-electron chi connectivity index (χ3n) is 5.88. The molecule has 0 aliphatic rings. The van der Waals surface area contributed by atoms with Gasteiger partial charge in [-0.05, 0) is 56.9 Å². The van der Waals surface area contributed by atoms with Gasteiger partial charge in [-0.15, -0.1) is 0 Å². The Labute approximate surface area is 226 Å². The number of phenols is 1. The van der Waals surface area contributed by atoms with Crippen LogP contribution in [0.25, 0.3) is 0 Å². The van der Waals surface area contributed by atoms with E-state index in [1.54, 1.807) is 32.9 Å². The number of nitrogens with zero attached hydrogens (tertiary/aromatic N) is 1. The number of carbonyl (C=O) groups excluding carboxylic acids is 3. The number of alkyl carbamates (subject to hydrolysis) is 1. The number of benzene rings is 2. The van der Waals surface area contributed by atoms with Crippen molar-refractivity contribution in [1.82, 2.24) is 15.5 Å². The van der Waals surface area contributed by atoms with Gasteiger partial charge in [-0.25, -0.2) is 4.79 Å². The molecule has 0 aliphatic heterocycles. The second-order valence-electron chi connectivity index (χ2n) is 10.4. The van der Waals surface area contributed by atoms with E-state index < -0.39 is 29.7 Å². The Bertz CT molecular complexity index is 1040. The first-order chi connectivity index (χ1) is 18.1. The van der Waals surface area contributed by atoms with Crippen LogP contribution in [0.15, 0.2) is 54.6 Å². The van der Waals surface area contributed by atoms with Gasteiger partial charge in [-0.3, -0.25) is 9.59 Å². The molecule has 2 atom stereocenters. The summed E-state index contributed by atoms with van der Waals surface area (Å²) in [5.41, 5.74) is 0.619. The van der Waals surface area contributed by atoms with Gasteiger partial charge in [0.05, 0.1) is 0 Å². The van der Waals surface area contributed by atoms with Crippen molar-refractivity contribution in [2.45, 2.75) is 84.4 Å². The Balaban J connectivity index is 2.50. The maximum atomic E-state index is 14.2. The summed E-state index contributed by atoms with van der Waals surface area (Å²) in [6.45, 7) is 10.1. The number of nitrogens with one attached hydrogen (secondary N) is 2. The highest BCUT2D eigenvalue weighted by atomic mass is 16.6. The summed E-state index contributed by atoms with van der Waals surface area (Å²) in [6, 6.07) is 13.9. The van der Waals surface area contributed by atoms with Gasteiger partial charge < -0.3 is 25.4 Å². The molecule has 0 radical (unpaired) electrons. The predicted molar refractivity (Wildman–Crippen MR) is 149 cm³/mol. The van der Waals surface area contributed by atoms with Gasteiger partial charge in [-0.1, -0.05) is 69.2 Å². The first kappa shape index (κ1) is 30.7. The summed E-state index contributed by atoms with van der Waals surface area (Å²) in [5.74, 6) is -0.721. The van der Waals surface area contributed by atoms with Crippen molar-refractivity contribution < 1.29 is 24.2 Å². The summed E-state index contributed by atoms with van der Waals surface area (Å²) >= 11 is 0. The van der Waals surface area contributed by atoms with E-state index in [0.717, 1.165) is 24.8 Å². The van der Waals surface area contributed by atoms with E-state index in [-0.39, 0.29) is 18.1 Å². The molecule has 2 rings (SSSR count). The lowest BCUT2D eigenvalue weighted by Crippen LogP contribution is -2.54. The molecule has 0 fully saturated rings. The Morgan fingerprint density at radius 3 is 2.26 bits per heavy atom. The second-order valence-corrected chi connectivity index (χ2v) is 10.4. The molecule has 38 heavy (non-hydrogen) atoms. The van der Waals surface area contributed by atoms with Crippen LogP contribution >= 0.6 is 0 Å². The van der Waals surface area contributed by atoms with Gasteiger partial charge in [0, 0.05) is 19.5 Å². The molecule has 0 saturated carbocycles. The van der Waals surface area contributed by atoms with Gasteiger partial charge in [0.25, 0.3) is 0 Å². The number of hydrogen-bond acceptors (Lipinski definition) is 5. The number of ether oxygens (including phenoxy) is 1. The van der Waals surface area contributed by atoms with Crippen molar-refractivity contribution in [2.24, 2.45) is 0 Å². The Morgan fingerprint density at radius 1 is 0.974 bits per heavy atom. The highest BCUT2D eigenvalue weighted by molar-refractivity contribution is 5.92. The minimum atomic E-state index is -0.975. The third kappa shape index (κ3) is 10.1. The molecule has 0 aromatic heterocycles. The van der Waals surface area contributed by atoms with Crippen LogP contribution in [0.3, 0.4) is 0 Å². The van der Waals surface area contributed by atoms with Gasteiger partial charge in [0.15, 0.2) is 0 Å². The van der Waals surface area contributed by atoms with E-state index in [4.69, 9.17) is 4.74 Å². The lowest BCUT2D eigenvalue weighted by molar-refractivity contribution is -0.142. The average Bonchev–Trinajstić information content (AvgIpc) is 2.85. The molecule has 2 unspecified atom stereocenters. The van der Waals surface area contributed by atoms with Gasteiger partial charge in [0.2, 0.25) is 11.8 Å². The SMILES string of the molecule is CCCCNC(=O)C(c1cccc(O)c1)N(CCCC)C(=O)C(Cc1ccccc1)NC(=O)OC(C)(C)C. The smallest absolute Gasteiger partial charge is 0.408 e. The molecule has 208 valence electrons. The predicted octanol–water partition coefficient (Wildman–Crippen LogP) is 5.11. The number of unbranched alkanes of at least 4 members (excludes halogenated alkanes) is 2. The van der Waals surface area contributed by atoms with Gasteiger partial charge in [0.1, 0.15) is 23.4 Å². The Morgan fingerprint density at radius 2 is 1.66 bits per heavy atom. The molecule has 3 N–H and O–H groups in total. The normalized spacial score (nSPS) is 12.8. The molecule has 2 aromatic rings. The summed E-state index contributed by atoms with van der Waals surface area (Å²) in [6.07, 6.45) is 2.70. The van der Waals surface area contributed by atoms with Crippen LogP contribution in [0, 0.1) is 0 Å². The van der Waals surface area contributed by atoms with Gasteiger partial charge >= 0.3 is 6.09 Å². The molecular weight excluding hydrogens is 482 g/mol. The zero-order valence-electron chi connectivity index (χ0n) is 23.3. The highest BCUT2D eigenvalue weighted by Gasteiger charge is 2.36. The maximum Gasteiger partial charge on any atom is 0.408 e. The fourth-order valence-corrected chi connectivity index (χ4v) is 4.05. The molecule has 0 aliphatic carbocycles. The molecule has 8 heteroatoms. The third-order valence-corrected chi connectivity index (χ3v) is 5.88.